The van der Waals surface area contributed by atoms with Crippen molar-refractivity contribution in [1.82, 2.24) is 5.32 Å². The molecular formula is C27H23NO9. The van der Waals surface area contributed by atoms with Gasteiger partial charge in [0, 0.05) is 22.9 Å². The number of hydrogen-bond acceptors (Lipinski definition) is 8. The van der Waals surface area contributed by atoms with Crippen molar-refractivity contribution >= 4 is 28.9 Å². The molecule has 37 heavy (non-hydrogen) atoms. The molecule has 0 saturated carbocycles. The van der Waals surface area contributed by atoms with Gasteiger partial charge in [-0.15, -0.1) is 0 Å². The molecule has 0 spiro atoms. The van der Waals surface area contributed by atoms with E-state index in [0.717, 1.165) is 6.08 Å². The number of aromatic hydroxyl groups is 5. The second kappa shape index (κ2) is 9.86. The molecule has 2 atom stereocenters. The first-order chi connectivity index (χ1) is 17.5. The van der Waals surface area contributed by atoms with Gasteiger partial charge in [0.05, 0.1) is 0 Å². The highest BCUT2D eigenvalue weighted by atomic mass is 16.4. The topological polar surface area (TPSA) is 181 Å². The van der Waals surface area contributed by atoms with Gasteiger partial charge in [-0.3, -0.25) is 4.79 Å². The number of carbonyl (C=O) groups excluding carboxylic acids is 1. The fourth-order valence-electron chi connectivity index (χ4n) is 3.88. The van der Waals surface area contributed by atoms with E-state index in [0.29, 0.717) is 27.8 Å². The van der Waals surface area contributed by atoms with E-state index in [-0.39, 0.29) is 28.6 Å². The Morgan fingerprint density at radius 2 is 1.49 bits per heavy atom. The summed E-state index contributed by atoms with van der Waals surface area (Å²) in [6.07, 6.45) is 2.57. The molecule has 7 N–H and O–H groups in total. The van der Waals surface area contributed by atoms with Crippen LogP contribution in [-0.4, -0.2) is 48.6 Å². The zero-order valence-electron chi connectivity index (χ0n) is 19.4. The smallest absolute Gasteiger partial charge is 0.326 e. The number of phenolic OH excluding ortho intramolecular Hbond substituents is 5. The SMILES string of the molecule is CC(c1ccc(O)c(O)c1)[C@H](NC(=O)/C=C/c1ccc(O)c2oc(-c3ccc(O)c(O)c3)cc12)C(=O)O. The average molecular weight is 505 g/mol. The maximum Gasteiger partial charge on any atom is 0.326 e. The summed E-state index contributed by atoms with van der Waals surface area (Å²) >= 11 is 0. The Kier molecular flexibility index (Phi) is 6.66. The van der Waals surface area contributed by atoms with Gasteiger partial charge in [0.15, 0.2) is 34.3 Å². The van der Waals surface area contributed by atoms with Crippen LogP contribution in [0, 0.1) is 0 Å². The molecule has 0 bridgehead atoms. The Labute approximate surface area is 210 Å². The van der Waals surface area contributed by atoms with Crippen LogP contribution in [0.25, 0.3) is 28.4 Å². The standard InChI is InChI=1S/C27H23NO9/c1-13(15-3-6-18(29)21(32)10-15)25(27(35)36)28-24(34)9-5-14-2-8-20(31)26-17(14)12-23(37-26)16-4-7-19(30)22(33)11-16/h2-13,25,29-33H,1H3,(H,28,34)(H,35,36)/b9-5+/t13?,25-/m0/s1. The average Bonchev–Trinajstić information content (AvgIpc) is 3.31. The molecule has 0 saturated heterocycles. The van der Waals surface area contributed by atoms with E-state index in [1.807, 2.05) is 0 Å². The van der Waals surface area contributed by atoms with Crippen LogP contribution in [0.3, 0.4) is 0 Å². The number of hydrogen-bond donors (Lipinski definition) is 7. The molecule has 0 aliphatic rings. The highest BCUT2D eigenvalue weighted by Gasteiger charge is 2.27. The van der Waals surface area contributed by atoms with Crippen LogP contribution in [0.4, 0.5) is 0 Å². The molecule has 1 heterocycles. The molecule has 10 heteroatoms. The van der Waals surface area contributed by atoms with Crippen molar-refractivity contribution in [3.05, 3.63) is 71.8 Å². The third-order valence-electron chi connectivity index (χ3n) is 5.96. The van der Waals surface area contributed by atoms with Crippen molar-refractivity contribution in [2.45, 2.75) is 18.9 Å². The zero-order chi connectivity index (χ0) is 26.9. The zero-order valence-corrected chi connectivity index (χ0v) is 19.4. The summed E-state index contributed by atoms with van der Waals surface area (Å²) in [5.74, 6) is -3.97. The predicted molar refractivity (Wildman–Crippen MR) is 133 cm³/mol. The third kappa shape index (κ3) is 5.13. The molecule has 0 aliphatic heterocycles. The van der Waals surface area contributed by atoms with Gasteiger partial charge in [0.25, 0.3) is 0 Å². The lowest BCUT2D eigenvalue weighted by molar-refractivity contribution is -0.141. The number of benzene rings is 3. The summed E-state index contributed by atoms with van der Waals surface area (Å²) in [6.45, 7) is 1.56. The largest absolute Gasteiger partial charge is 0.504 e. The number of furan rings is 1. The van der Waals surface area contributed by atoms with Gasteiger partial charge >= 0.3 is 5.97 Å². The van der Waals surface area contributed by atoms with Crippen LogP contribution in [0.2, 0.25) is 0 Å². The molecule has 4 rings (SSSR count). The summed E-state index contributed by atoms with van der Waals surface area (Å²) in [6, 6.07) is 11.2. The summed E-state index contributed by atoms with van der Waals surface area (Å²) in [7, 11) is 0. The Morgan fingerprint density at radius 3 is 2.14 bits per heavy atom. The molecule has 190 valence electrons. The van der Waals surface area contributed by atoms with Crippen molar-refractivity contribution in [3.8, 4) is 40.1 Å². The Morgan fingerprint density at radius 1 is 0.838 bits per heavy atom. The highest BCUT2D eigenvalue weighted by molar-refractivity contribution is 5.99. The second-order valence-electron chi connectivity index (χ2n) is 8.43. The van der Waals surface area contributed by atoms with E-state index in [1.54, 1.807) is 19.1 Å². The highest BCUT2D eigenvalue weighted by Crippen LogP contribution is 2.38. The number of carboxylic acid groups (broad SMARTS) is 1. The Bertz CT molecular complexity index is 1540. The van der Waals surface area contributed by atoms with Crippen LogP contribution in [0.5, 0.6) is 28.7 Å². The van der Waals surface area contributed by atoms with E-state index in [9.17, 15) is 40.2 Å². The Balaban J connectivity index is 1.58. The minimum atomic E-state index is -1.33. The molecule has 0 fully saturated rings. The predicted octanol–water partition coefficient (Wildman–Crippen LogP) is 4.01. The van der Waals surface area contributed by atoms with Crippen LogP contribution in [0.15, 0.2) is 65.1 Å². The normalized spacial score (nSPS) is 13.0. The van der Waals surface area contributed by atoms with Crippen LogP contribution >= 0.6 is 0 Å². The lowest BCUT2D eigenvalue weighted by Gasteiger charge is -2.21. The van der Waals surface area contributed by atoms with Crippen molar-refractivity contribution < 1.29 is 44.6 Å². The number of aliphatic carboxylic acids is 1. The maximum atomic E-state index is 12.6. The number of carbonyl (C=O) groups is 2. The van der Waals surface area contributed by atoms with Gasteiger partial charge in [-0.05, 0) is 59.7 Å². The first-order valence-electron chi connectivity index (χ1n) is 11.1. The molecule has 1 amide bonds. The maximum absolute atomic E-state index is 12.6. The molecular weight excluding hydrogens is 482 g/mol. The van der Waals surface area contributed by atoms with Gasteiger partial charge in [0.2, 0.25) is 5.91 Å². The molecule has 0 radical (unpaired) electrons. The van der Waals surface area contributed by atoms with Gasteiger partial charge in [-0.1, -0.05) is 19.1 Å². The molecule has 1 unspecified atom stereocenters. The molecule has 0 aliphatic carbocycles. The lowest BCUT2D eigenvalue weighted by atomic mass is 9.93. The van der Waals surface area contributed by atoms with E-state index < -0.39 is 29.6 Å². The van der Waals surface area contributed by atoms with Gasteiger partial charge < -0.3 is 40.4 Å². The molecule has 4 aromatic rings. The van der Waals surface area contributed by atoms with E-state index in [1.165, 1.54) is 48.5 Å². The first-order valence-corrected chi connectivity index (χ1v) is 11.1. The number of phenols is 5. The first kappa shape index (κ1) is 25.0. The minimum Gasteiger partial charge on any atom is -0.504 e. The summed E-state index contributed by atoms with van der Waals surface area (Å²) in [4.78, 5) is 24.5. The van der Waals surface area contributed by atoms with Crippen molar-refractivity contribution in [2.24, 2.45) is 0 Å². The van der Waals surface area contributed by atoms with Crippen molar-refractivity contribution in [3.63, 3.8) is 0 Å². The van der Waals surface area contributed by atoms with Gasteiger partial charge in [0.1, 0.15) is 11.8 Å². The Hall–Kier alpha value is -5.12. The third-order valence-corrected chi connectivity index (χ3v) is 5.96. The minimum absolute atomic E-state index is 0.134. The monoisotopic (exact) mass is 505 g/mol. The number of nitrogens with one attached hydrogen (secondary N) is 1. The van der Waals surface area contributed by atoms with Gasteiger partial charge in [-0.25, -0.2) is 4.79 Å². The summed E-state index contributed by atoms with van der Waals surface area (Å²) < 4.78 is 5.73. The van der Waals surface area contributed by atoms with Crippen molar-refractivity contribution in [2.75, 3.05) is 0 Å². The van der Waals surface area contributed by atoms with Crippen LogP contribution < -0.4 is 5.32 Å². The number of carboxylic acids is 1. The van der Waals surface area contributed by atoms with E-state index in [2.05, 4.69) is 5.32 Å². The van der Waals surface area contributed by atoms with E-state index >= 15 is 0 Å². The summed E-state index contributed by atoms with van der Waals surface area (Å²) in [5, 5.41) is 61.3. The number of amides is 1. The number of rotatable bonds is 7. The molecule has 10 nitrogen and oxygen atoms in total. The summed E-state index contributed by atoms with van der Waals surface area (Å²) in [5.41, 5.74) is 1.47. The fraction of sp³-hybridized carbons (Fsp3) is 0.111. The lowest BCUT2D eigenvalue weighted by Crippen LogP contribution is -2.43. The quantitative estimate of drug-likeness (QED) is 0.144. The molecule has 1 aromatic heterocycles. The van der Waals surface area contributed by atoms with Crippen molar-refractivity contribution in [1.29, 1.82) is 0 Å². The van der Waals surface area contributed by atoms with Crippen LogP contribution in [0.1, 0.15) is 24.0 Å². The fourth-order valence-corrected chi connectivity index (χ4v) is 3.88. The van der Waals surface area contributed by atoms with Crippen LogP contribution in [-0.2, 0) is 9.59 Å². The second-order valence-corrected chi connectivity index (χ2v) is 8.43. The molecule has 3 aromatic carbocycles. The van der Waals surface area contributed by atoms with E-state index in [4.69, 9.17) is 4.42 Å². The van der Waals surface area contributed by atoms with Gasteiger partial charge in [-0.2, -0.15) is 0 Å². The number of fused-ring (bicyclic) bond motifs is 1.